The molecular weight excluding hydrogens is 371 g/mol. The monoisotopic (exact) mass is 390 g/mol. The lowest BCUT2D eigenvalue weighted by atomic mass is 10.1. The minimum Gasteiger partial charge on any atom is -0.339 e. The minimum atomic E-state index is -0.223. The van der Waals surface area contributed by atoms with E-state index in [4.69, 9.17) is 23.2 Å². The van der Waals surface area contributed by atoms with E-state index in [9.17, 15) is 9.59 Å². The van der Waals surface area contributed by atoms with Crippen LogP contribution in [0.25, 0.3) is 0 Å². The van der Waals surface area contributed by atoms with E-state index in [0.717, 1.165) is 31.5 Å². The molecule has 0 aliphatic carbocycles. The van der Waals surface area contributed by atoms with Gasteiger partial charge in [0.1, 0.15) is 0 Å². The maximum atomic E-state index is 12.8. The fourth-order valence-corrected chi connectivity index (χ4v) is 3.60. The second kappa shape index (κ2) is 8.11. The molecule has 0 saturated carbocycles. The Morgan fingerprint density at radius 3 is 2.54 bits per heavy atom. The van der Waals surface area contributed by atoms with Crippen LogP contribution in [0, 0.1) is 6.92 Å². The van der Waals surface area contributed by atoms with Crippen LogP contribution in [0.5, 0.6) is 0 Å². The fourth-order valence-electron chi connectivity index (χ4n) is 3.12. The molecule has 2 amide bonds. The maximum absolute atomic E-state index is 12.8. The molecular formula is C20H20Cl2N2O2. The lowest BCUT2D eigenvalue weighted by molar-refractivity contribution is -0.115. The Morgan fingerprint density at radius 1 is 1.12 bits per heavy atom. The van der Waals surface area contributed by atoms with E-state index in [0.29, 0.717) is 26.9 Å². The molecule has 1 saturated heterocycles. The number of anilines is 1. The first kappa shape index (κ1) is 18.7. The Kier molecular flexibility index (Phi) is 5.84. The van der Waals surface area contributed by atoms with Crippen molar-refractivity contribution in [2.45, 2.75) is 26.2 Å². The van der Waals surface area contributed by atoms with Gasteiger partial charge in [-0.1, -0.05) is 41.4 Å². The number of amides is 2. The van der Waals surface area contributed by atoms with Crippen LogP contribution in [-0.4, -0.2) is 29.8 Å². The van der Waals surface area contributed by atoms with Gasteiger partial charge in [0.2, 0.25) is 5.91 Å². The van der Waals surface area contributed by atoms with Crippen molar-refractivity contribution in [3.63, 3.8) is 0 Å². The van der Waals surface area contributed by atoms with Crippen LogP contribution in [0.15, 0.2) is 36.4 Å². The number of hydrogen-bond acceptors (Lipinski definition) is 2. The highest BCUT2D eigenvalue weighted by Crippen LogP contribution is 2.25. The first-order valence-corrected chi connectivity index (χ1v) is 9.34. The van der Waals surface area contributed by atoms with Gasteiger partial charge in [0.25, 0.3) is 5.91 Å². The third-order valence-corrected chi connectivity index (χ3v) is 5.11. The summed E-state index contributed by atoms with van der Waals surface area (Å²) >= 11 is 12.0. The lowest BCUT2D eigenvalue weighted by Gasteiger charge is -2.19. The Labute approximate surface area is 163 Å². The lowest BCUT2D eigenvalue weighted by Crippen LogP contribution is -2.29. The number of nitrogens with zero attached hydrogens (tertiary/aromatic N) is 1. The number of aryl methyl sites for hydroxylation is 1. The number of hydrogen-bond donors (Lipinski definition) is 1. The van der Waals surface area contributed by atoms with Crippen LogP contribution in [0.1, 0.15) is 34.3 Å². The predicted molar refractivity (Wildman–Crippen MR) is 105 cm³/mol. The Morgan fingerprint density at radius 2 is 1.85 bits per heavy atom. The highest BCUT2D eigenvalue weighted by Gasteiger charge is 2.23. The van der Waals surface area contributed by atoms with E-state index in [1.165, 1.54) is 0 Å². The highest BCUT2D eigenvalue weighted by atomic mass is 35.5. The van der Waals surface area contributed by atoms with Gasteiger partial charge in [0, 0.05) is 23.1 Å². The number of nitrogens with one attached hydrogen (secondary N) is 1. The molecule has 1 fully saturated rings. The van der Waals surface area contributed by atoms with Gasteiger partial charge in [-0.05, 0) is 49.1 Å². The molecule has 1 heterocycles. The zero-order chi connectivity index (χ0) is 18.7. The van der Waals surface area contributed by atoms with Crippen molar-refractivity contribution in [1.82, 2.24) is 4.90 Å². The number of carbonyl (C=O) groups excluding carboxylic acids is 2. The molecule has 0 atom stereocenters. The van der Waals surface area contributed by atoms with Crippen molar-refractivity contribution in [2.75, 3.05) is 18.4 Å². The Bertz CT molecular complexity index is 846. The summed E-state index contributed by atoms with van der Waals surface area (Å²) in [5, 5.41) is 3.87. The topological polar surface area (TPSA) is 49.4 Å². The van der Waals surface area contributed by atoms with E-state index < -0.39 is 0 Å². The van der Waals surface area contributed by atoms with Crippen LogP contribution >= 0.6 is 23.2 Å². The highest BCUT2D eigenvalue weighted by molar-refractivity contribution is 6.35. The van der Waals surface area contributed by atoms with Crippen LogP contribution in [-0.2, 0) is 11.2 Å². The summed E-state index contributed by atoms with van der Waals surface area (Å²) in [6.07, 6.45) is 2.16. The van der Waals surface area contributed by atoms with Crippen LogP contribution in [0.2, 0.25) is 10.0 Å². The number of para-hydroxylation sites is 1. The van der Waals surface area contributed by atoms with Gasteiger partial charge < -0.3 is 10.2 Å². The van der Waals surface area contributed by atoms with Gasteiger partial charge in [0.15, 0.2) is 0 Å². The Balaban J connectivity index is 1.80. The van der Waals surface area contributed by atoms with E-state index in [2.05, 4.69) is 5.32 Å². The summed E-state index contributed by atoms with van der Waals surface area (Å²) in [6, 6.07) is 10.5. The second-order valence-electron chi connectivity index (χ2n) is 6.46. The zero-order valence-corrected chi connectivity index (χ0v) is 16.0. The van der Waals surface area contributed by atoms with Crippen molar-refractivity contribution >= 4 is 40.7 Å². The van der Waals surface area contributed by atoms with Crippen molar-refractivity contribution in [3.05, 3.63) is 63.1 Å². The van der Waals surface area contributed by atoms with Crippen molar-refractivity contribution in [3.8, 4) is 0 Å². The summed E-state index contributed by atoms with van der Waals surface area (Å²) in [5.74, 6) is -0.259. The van der Waals surface area contributed by atoms with Gasteiger partial charge in [-0.15, -0.1) is 0 Å². The number of rotatable bonds is 4. The number of likely N-dealkylation sites (tertiary alicyclic amines) is 1. The molecule has 26 heavy (non-hydrogen) atoms. The quantitative estimate of drug-likeness (QED) is 0.820. The van der Waals surface area contributed by atoms with Gasteiger partial charge in [-0.2, -0.15) is 0 Å². The summed E-state index contributed by atoms with van der Waals surface area (Å²) in [5.41, 5.74) is 2.64. The smallest absolute Gasteiger partial charge is 0.255 e. The van der Waals surface area contributed by atoms with Gasteiger partial charge >= 0.3 is 0 Å². The van der Waals surface area contributed by atoms with Crippen molar-refractivity contribution in [2.24, 2.45) is 0 Å². The SMILES string of the molecule is Cc1cccc(C(=O)N2CCCC2)c1NC(=O)Cc1ccc(Cl)cc1Cl. The zero-order valence-electron chi connectivity index (χ0n) is 14.5. The molecule has 4 nitrogen and oxygen atoms in total. The average molecular weight is 391 g/mol. The van der Waals surface area contributed by atoms with Crippen LogP contribution in [0.3, 0.4) is 0 Å². The van der Waals surface area contributed by atoms with E-state index in [1.807, 2.05) is 24.0 Å². The second-order valence-corrected chi connectivity index (χ2v) is 7.30. The molecule has 1 aliphatic heterocycles. The van der Waals surface area contributed by atoms with Gasteiger partial charge in [-0.25, -0.2) is 0 Å². The average Bonchev–Trinajstić information content (AvgIpc) is 3.13. The molecule has 136 valence electrons. The molecule has 3 rings (SSSR count). The molecule has 2 aromatic rings. The first-order chi connectivity index (χ1) is 12.5. The maximum Gasteiger partial charge on any atom is 0.255 e. The number of benzene rings is 2. The number of carbonyl (C=O) groups is 2. The first-order valence-electron chi connectivity index (χ1n) is 8.58. The molecule has 1 aliphatic rings. The molecule has 0 spiro atoms. The van der Waals surface area contributed by atoms with Crippen molar-refractivity contribution in [1.29, 1.82) is 0 Å². The van der Waals surface area contributed by atoms with Crippen molar-refractivity contribution < 1.29 is 9.59 Å². The number of halogens is 2. The Hall–Kier alpha value is -2.04. The molecule has 0 unspecified atom stereocenters. The normalized spacial score (nSPS) is 13.7. The fraction of sp³-hybridized carbons (Fsp3) is 0.300. The minimum absolute atomic E-state index is 0.0361. The third kappa shape index (κ3) is 4.19. The summed E-state index contributed by atoms with van der Waals surface area (Å²) < 4.78 is 0. The molecule has 2 aromatic carbocycles. The standard InChI is InChI=1S/C20H20Cl2N2O2/c1-13-5-4-6-16(20(26)24-9-2-3-10-24)19(13)23-18(25)11-14-7-8-15(21)12-17(14)22/h4-8,12H,2-3,9-11H2,1H3,(H,23,25). The van der Waals surface area contributed by atoms with Gasteiger partial charge in [0.05, 0.1) is 17.7 Å². The summed E-state index contributed by atoms with van der Waals surface area (Å²) in [7, 11) is 0. The van der Waals surface area contributed by atoms with Crippen LogP contribution < -0.4 is 5.32 Å². The molecule has 1 N–H and O–H groups in total. The molecule has 0 bridgehead atoms. The van der Waals surface area contributed by atoms with E-state index in [-0.39, 0.29) is 18.2 Å². The van der Waals surface area contributed by atoms with Gasteiger partial charge in [-0.3, -0.25) is 9.59 Å². The van der Waals surface area contributed by atoms with Crippen LogP contribution in [0.4, 0.5) is 5.69 Å². The molecule has 6 heteroatoms. The van der Waals surface area contributed by atoms with E-state index in [1.54, 1.807) is 24.3 Å². The molecule has 0 radical (unpaired) electrons. The summed E-state index contributed by atoms with van der Waals surface area (Å²) in [4.78, 5) is 27.2. The summed E-state index contributed by atoms with van der Waals surface area (Å²) in [6.45, 7) is 3.41. The third-order valence-electron chi connectivity index (χ3n) is 4.53. The van der Waals surface area contributed by atoms with E-state index >= 15 is 0 Å². The predicted octanol–water partition coefficient (Wildman–Crippen LogP) is 4.72. The largest absolute Gasteiger partial charge is 0.339 e. The molecule has 0 aromatic heterocycles.